The maximum Gasteiger partial charge on any atom is 0.407 e. The Morgan fingerprint density at radius 2 is 1.64 bits per heavy atom. The smallest absolute Gasteiger partial charge is 0.407 e. The summed E-state index contributed by atoms with van der Waals surface area (Å²) in [5, 5.41) is 14.3. The van der Waals surface area contributed by atoms with Gasteiger partial charge in [0.15, 0.2) is 0 Å². The summed E-state index contributed by atoms with van der Waals surface area (Å²) < 4.78 is 5.57. The maximum absolute atomic E-state index is 12.6. The predicted molar refractivity (Wildman–Crippen MR) is 126 cm³/mol. The normalized spacial score (nSPS) is 14.0. The lowest BCUT2D eigenvalue weighted by Crippen LogP contribution is -2.48. The lowest BCUT2D eigenvalue weighted by atomic mass is 9.98. The van der Waals surface area contributed by atoms with E-state index < -0.39 is 18.1 Å². The van der Waals surface area contributed by atoms with Crippen LogP contribution in [0.4, 0.5) is 4.79 Å². The number of fused-ring (bicyclic) bond motifs is 3. The van der Waals surface area contributed by atoms with Gasteiger partial charge in [0.05, 0.1) is 0 Å². The molecule has 3 rings (SSSR count). The monoisotopic (exact) mass is 452 g/mol. The first-order valence-electron chi connectivity index (χ1n) is 11.5. The Morgan fingerprint density at radius 3 is 2.21 bits per heavy atom. The molecule has 0 aliphatic heterocycles. The topological polar surface area (TPSA) is 105 Å². The van der Waals surface area contributed by atoms with Crippen molar-refractivity contribution in [2.45, 2.75) is 51.5 Å². The van der Waals surface area contributed by atoms with Crippen LogP contribution in [0.3, 0.4) is 0 Å². The van der Waals surface area contributed by atoms with Crippen LogP contribution >= 0.6 is 0 Å². The Morgan fingerprint density at radius 1 is 1.03 bits per heavy atom. The van der Waals surface area contributed by atoms with Gasteiger partial charge < -0.3 is 20.5 Å². The summed E-state index contributed by atoms with van der Waals surface area (Å²) >= 11 is 0. The summed E-state index contributed by atoms with van der Waals surface area (Å²) in [6, 6.07) is 15.5. The van der Waals surface area contributed by atoms with Crippen LogP contribution < -0.4 is 10.6 Å². The summed E-state index contributed by atoms with van der Waals surface area (Å²) in [7, 11) is 0. The highest BCUT2D eigenvalue weighted by Gasteiger charge is 2.29. The molecule has 7 nitrogen and oxygen atoms in total. The first-order chi connectivity index (χ1) is 15.9. The van der Waals surface area contributed by atoms with Crippen LogP contribution in [-0.4, -0.2) is 42.3 Å². The molecule has 1 aliphatic rings. The third-order valence-corrected chi connectivity index (χ3v) is 5.95. The van der Waals surface area contributed by atoms with E-state index in [1.807, 2.05) is 31.2 Å². The number of rotatable bonds is 11. The number of nitrogens with one attached hydrogen (secondary N) is 2. The van der Waals surface area contributed by atoms with Crippen molar-refractivity contribution >= 4 is 18.0 Å². The molecule has 0 bridgehead atoms. The van der Waals surface area contributed by atoms with E-state index in [0.717, 1.165) is 35.1 Å². The second-order valence-corrected chi connectivity index (χ2v) is 8.61. The van der Waals surface area contributed by atoms with Gasteiger partial charge in [0, 0.05) is 18.9 Å². The van der Waals surface area contributed by atoms with Crippen molar-refractivity contribution in [3.05, 3.63) is 59.7 Å². The van der Waals surface area contributed by atoms with E-state index in [4.69, 9.17) is 9.84 Å². The number of alkyl carbamates (subject to hydrolysis) is 1. The van der Waals surface area contributed by atoms with Gasteiger partial charge >= 0.3 is 12.1 Å². The van der Waals surface area contributed by atoms with Gasteiger partial charge in [-0.1, -0.05) is 75.2 Å². The standard InChI is InChI=1S/C26H32N2O5/c1-3-4-13-23(25(31)27-15-17(2)14-24(29)30)28-26(32)33-16-22-20-11-7-5-9-18(20)19-10-6-8-12-21(19)22/h5-12,17,22-23H,3-4,13-16H2,1-2H3,(H,27,31)(H,28,32)(H,29,30). The SMILES string of the molecule is CCCCC(NC(=O)OCC1c2ccccc2-c2ccccc21)C(=O)NCC(C)CC(=O)O. The van der Waals surface area contributed by atoms with E-state index in [2.05, 4.69) is 34.9 Å². The van der Waals surface area contributed by atoms with Crippen molar-refractivity contribution in [3.8, 4) is 11.1 Å². The van der Waals surface area contributed by atoms with Gasteiger partial charge in [0.2, 0.25) is 5.91 Å². The summed E-state index contributed by atoms with van der Waals surface area (Å²) in [5.74, 6) is -1.49. The van der Waals surface area contributed by atoms with Gasteiger partial charge in [0.25, 0.3) is 0 Å². The van der Waals surface area contributed by atoms with E-state index in [1.54, 1.807) is 6.92 Å². The molecule has 0 heterocycles. The Balaban J connectivity index is 1.59. The highest BCUT2D eigenvalue weighted by atomic mass is 16.5. The van der Waals surface area contributed by atoms with Gasteiger partial charge in [-0.05, 0) is 34.6 Å². The average molecular weight is 453 g/mol. The summed E-state index contributed by atoms with van der Waals surface area (Å²) in [5.41, 5.74) is 4.55. The number of carbonyl (C=O) groups excluding carboxylic acids is 2. The number of ether oxygens (including phenoxy) is 1. The molecule has 0 radical (unpaired) electrons. The van der Waals surface area contributed by atoms with E-state index in [1.165, 1.54) is 0 Å². The fraction of sp³-hybridized carbons (Fsp3) is 0.423. The van der Waals surface area contributed by atoms with Gasteiger partial charge in [-0.2, -0.15) is 0 Å². The zero-order chi connectivity index (χ0) is 23.8. The molecule has 2 amide bonds. The number of benzene rings is 2. The molecule has 176 valence electrons. The molecule has 3 N–H and O–H groups in total. The van der Waals surface area contributed by atoms with Gasteiger partial charge in [0.1, 0.15) is 12.6 Å². The van der Waals surface area contributed by atoms with Crippen LogP contribution in [0.25, 0.3) is 11.1 Å². The highest BCUT2D eigenvalue weighted by molar-refractivity contribution is 5.85. The van der Waals surface area contributed by atoms with Crippen LogP contribution in [0.15, 0.2) is 48.5 Å². The molecule has 0 aromatic heterocycles. The van der Waals surface area contributed by atoms with Crippen LogP contribution in [0.5, 0.6) is 0 Å². The minimum Gasteiger partial charge on any atom is -0.481 e. The zero-order valence-corrected chi connectivity index (χ0v) is 19.2. The number of carboxylic acid groups (broad SMARTS) is 1. The third kappa shape index (κ3) is 6.34. The number of amides is 2. The molecular formula is C26H32N2O5. The number of hydrogen-bond acceptors (Lipinski definition) is 4. The van der Waals surface area contributed by atoms with E-state index >= 15 is 0 Å². The lowest BCUT2D eigenvalue weighted by molar-refractivity contribution is -0.138. The molecule has 2 unspecified atom stereocenters. The average Bonchev–Trinajstić information content (AvgIpc) is 3.12. The Bertz CT molecular complexity index is 945. The third-order valence-electron chi connectivity index (χ3n) is 5.95. The number of hydrogen-bond donors (Lipinski definition) is 3. The van der Waals surface area contributed by atoms with Crippen molar-refractivity contribution < 1.29 is 24.2 Å². The highest BCUT2D eigenvalue weighted by Crippen LogP contribution is 2.44. The Labute approximate surface area is 194 Å². The molecule has 0 saturated heterocycles. The number of carboxylic acids is 1. The van der Waals surface area contributed by atoms with Gasteiger partial charge in [-0.3, -0.25) is 9.59 Å². The first-order valence-corrected chi connectivity index (χ1v) is 11.5. The van der Waals surface area contributed by atoms with E-state index in [-0.39, 0.29) is 37.3 Å². The molecule has 0 fully saturated rings. The van der Waals surface area contributed by atoms with Crippen molar-refractivity contribution in [1.82, 2.24) is 10.6 Å². The molecule has 1 aliphatic carbocycles. The van der Waals surface area contributed by atoms with E-state index in [0.29, 0.717) is 6.42 Å². The molecule has 7 heteroatoms. The summed E-state index contributed by atoms with van der Waals surface area (Å²) in [6.45, 7) is 4.18. The minimum absolute atomic E-state index is 0.0281. The maximum atomic E-state index is 12.6. The number of carbonyl (C=O) groups is 3. The zero-order valence-electron chi connectivity index (χ0n) is 19.2. The fourth-order valence-corrected chi connectivity index (χ4v) is 4.23. The molecule has 0 spiro atoms. The van der Waals surface area contributed by atoms with Crippen LogP contribution in [-0.2, 0) is 14.3 Å². The predicted octanol–water partition coefficient (Wildman–Crippen LogP) is 4.31. The van der Waals surface area contributed by atoms with Crippen LogP contribution in [0, 0.1) is 5.92 Å². The summed E-state index contributed by atoms with van der Waals surface area (Å²) in [6.07, 6.45) is 1.48. The van der Waals surface area contributed by atoms with Crippen molar-refractivity contribution in [2.24, 2.45) is 5.92 Å². The number of aliphatic carboxylic acids is 1. The minimum atomic E-state index is -0.906. The van der Waals surface area contributed by atoms with Crippen molar-refractivity contribution in [2.75, 3.05) is 13.2 Å². The molecule has 33 heavy (non-hydrogen) atoms. The second kappa shape index (κ2) is 11.5. The van der Waals surface area contributed by atoms with Gasteiger partial charge in [-0.25, -0.2) is 4.79 Å². The van der Waals surface area contributed by atoms with Crippen molar-refractivity contribution in [3.63, 3.8) is 0 Å². The molecular weight excluding hydrogens is 420 g/mol. The molecule has 0 saturated carbocycles. The second-order valence-electron chi connectivity index (χ2n) is 8.61. The fourth-order valence-electron chi connectivity index (χ4n) is 4.23. The largest absolute Gasteiger partial charge is 0.481 e. The van der Waals surface area contributed by atoms with Crippen molar-refractivity contribution in [1.29, 1.82) is 0 Å². The lowest BCUT2D eigenvalue weighted by Gasteiger charge is -2.20. The van der Waals surface area contributed by atoms with Crippen LogP contribution in [0.2, 0.25) is 0 Å². The molecule has 2 aromatic rings. The summed E-state index contributed by atoms with van der Waals surface area (Å²) in [4.78, 5) is 36.1. The first kappa shape index (κ1) is 24.3. The van der Waals surface area contributed by atoms with Gasteiger partial charge in [-0.15, -0.1) is 0 Å². The van der Waals surface area contributed by atoms with Crippen LogP contribution in [0.1, 0.15) is 56.6 Å². The van der Waals surface area contributed by atoms with E-state index in [9.17, 15) is 14.4 Å². The Kier molecular flexibility index (Phi) is 8.46. The number of unbranched alkanes of at least 4 members (excludes halogenated alkanes) is 1. The molecule has 2 atom stereocenters. The Hall–Kier alpha value is -3.35. The quantitative estimate of drug-likeness (QED) is 0.471. The molecule has 2 aromatic carbocycles.